The molecule has 0 heterocycles. The Morgan fingerprint density at radius 3 is 2.53 bits per heavy atom. The lowest BCUT2D eigenvalue weighted by molar-refractivity contribution is -0.139. The number of nitrogens with zero attached hydrogens (tertiary/aromatic N) is 1. The Hall–Kier alpha value is -1.86. The van der Waals surface area contributed by atoms with E-state index in [1.54, 1.807) is 12.1 Å². The number of hydrogen-bond donors (Lipinski definition) is 2. The number of nitriles is 1. The second-order valence-electron chi connectivity index (χ2n) is 4.66. The molecular formula is C15H20N2O2. The summed E-state index contributed by atoms with van der Waals surface area (Å²) in [6.45, 7) is 3.98. The fraction of sp³-hybridized carbons (Fsp3) is 0.467. The number of rotatable bonds is 7. The molecule has 4 heteroatoms. The number of hydrogen-bond acceptors (Lipinski definition) is 3. The molecule has 1 rings (SSSR count). The Morgan fingerprint density at radius 1 is 1.42 bits per heavy atom. The Kier molecular flexibility index (Phi) is 6.04. The average molecular weight is 260 g/mol. The molecule has 0 aliphatic heterocycles. The molecule has 1 aromatic carbocycles. The molecule has 102 valence electrons. The zero-order valence-corrected chi connectivity index (χ0v) is 11.4. The van der Waals surface area contributed by atoms with Crippen molar-refractivity contribution < 1.29 is 9.90 Å². The van der Waals surface area contributed by atoms with Crippen molar-refractivity contribution in [1.29, 1.82) is 5.26 Å². The van der Waals surface area contributed by atoms with Gasteiger partial charge in [0, 0.05) is 6.04 Å². The van der Waals surface area contributed by atoms with Gasteiger partial charge in [0.15, 0.2) is 0 Å². The van der Waals surface area contributed by atoms with Gasteiger partial charge in [0.2, 0.25) is 0 Å². The topological polar surface area (TPSA) is 73.1 Å². The standard InChI is InChI=1S/C15H20N2O2/c1-3-4-5-14(15(18)19)17-11(2)13-8-6-12(10-16)7-9-13/h6-9,11,14,17H,3-5H2,1-2H3,(H,18,19). The van der Waals surface area contributed by atoms with Crippen LogP contribution < -0.4 is 5.32 Å². The summed E-state index contributed by atoms with van der Waals surface area (Å²) < 4.78 is 0. The predicted octanol–water partition coefficient (Wildman–Crippen LogP) is 2.85. The molecule has 0 aromatic heterocycles. The summed E-state index contributed by atoms with van der Waals surface area (Å²) in [4.78, 5) is 11.2. The summed E-state index contributed by atoms with van der Waals surface area (Å²) >= 11 is 0. The zero-order valence-electron chi connectivity index (χ0n) is 11.4. The van der Waals surface area contributed by atoms with E-state index in [9.17, 15) is 9.90 Å². The van der Waals surface area contributed by atoms with Crippen LogP contribution in [0.5, 0.6) is 0 Å². The fourth-order valence-corrected chi connectivity index (χ4v) is 1.93. The molecule has 0 bridgehead atoms. The molecule has 2 unspecified atom stereocenters. The summed E-state index contributed by atoms with van der Waals surface area (Å²) in [5, 5.41) is 21.0. The first-order valence-electron chi connectivity index (χ1n) is 6.57. The van der Waals surface area contributed by atoms with Crippen LogP contribution in [0.2, 0.25) is 0 Å². The highest BCUT2D eigenvalue weighted by molar-refractivity contribution is 5.73. The SMILES string of the molecule is CCCCC(NC(C)c1ccc(C#N)cc1)C(=O)O. The van der Waals surface area contributed by atoms with Gasteiger partial charge in [-0.2, -0.15) is 5.26 Å². The Balaban J connectivity index is 2.67. The van der Waals surface area contributed by atoms with E-state index >= 15 is 0 Å². The van der Waals surface area contributed by atoms with Crippen molar-refractivity contribution in [2.24, 2.45) is 0 Å². The minimum atomic E-state index is -0.811. The maximum Gasteiger partial charge on any atom is 0.320 e. The molecule has 0 radical (unpaired) electrons. The average Bonchev–Trinajstić information content (AvgIpc) is 2.43. The highest BCUT2D eigenvalue weighted by atomic mass is 16.4. The number of unbranched alkanes of at least 4 members (excludes halogenated alkanes) is 1. The quantitative estimate of drug-likeness (QED) is 0.790. The third-order valence-electron chi connectivity index (χ3n) is 3.14. The van der Waals surface area contributed by atoms with Crippen LogP contribution in [0, 0.1) is 11.3 Å². The lowest BCUT2D eigenvalue weighted by atomic mass is 10.0. The summed E-state index contributed by atoms with van der Waals surface area (Å²) in [6.07, 6.45) is 2.51. The summed E-state index contributed by atoms with van der Waals surface area (Å²) in [7, 11) is 0. The van der Waals surface area contributed by atoms with E-state index in [-0.39, 0.29) is 6.04 Å². The van der Waals surface area contributed by atoms with Gasteiger partial charge in [0.25, 0.3) is 0 Å². The molecule has 0 amide bonds. The molecule has 0 saturated carbocycles. The van der Waals surface area contributed by atoms with Crippen molar-refractivity contribution in [2.75, 3.05) is 0 Å². The lowest BCUT2D eigenvalue weighted by Crippen LogP contribution is -2.38. The first-order chi connectivity index (χ1) is 9.08. The van der Waals surface area contributed by atoms with Gasteiger partial charge in [-0.25, -0.2) is 0 Å². The van der Waals surface area contributed by atoms with E-state index in [0.29, 0.717) is 12.0 Å². The molecule has 0 saturated heterocycles. The van der Waals surface area contributed by atoms with Crippen molar-refractivity contribution in [3.63, 3.8) is 0 Å². The van der Waals surface area contributed by atoms with Gasteiger partial charge >= 0.3 is 5.97 Å². The summed E-state index contributed by atoms with van der Waals surface area (Å²) in [6, 6.07) is 8.70. The Morgan fingerprint density at radius 2 is 2.05 bits per heavy atom. The van der Waals surface area contributed by atoms with Crippen molar-refractivity contribution >= 4 is 5.97 Å². The molecule has 19 heavy (non-hydrogen) atoms. The molecule has 1 aromatic rings. The molecular weight excluding hydrogens is 240 g/mol. The number of carboxylic acid groups (broad SMARTS) is 1. The largest absolute Gasteiger partial charge is 0.480 e. The van der Waals surface area contributed by atoms with Gasteiger partial charge in [-0.05, 0) is 31.0 Å². The lowest BCUT2D eigenvalue weighted by Gasteiger charge is -2.20. The van der Waals surface area contributed by atoms with Gasteiger partial charge in [-0.15, -0.1) is 0 Å². The number of carboxylic acids is 1. The van der Waals surface area contributed by atoms with Crippen molar-refractivity contribution in [2.45, 2.75) is 45.2 Å². The number of carbonyl (C=O) groups is 1. The highest BCUT2D eigenvalue weighted by Crippen LogP contribution is 2.15. The number of benzene rings is 1. The molecule has 0 aliphatic rings. The minimum absolute atomic E-state index is 0.0503. The predicted molar refractivity (Wildman–Crippen MR) is 73.7 cm³/mol. The Bertz CT molecular complexity index is 448. The molecule has 0 spiro atoms. The van der Waals surface area contributed by atoms with Crippen LogP contribution in [-0.2, 0) is 4.79 Å². The monoisotopic (exact) mass is 260 g/mol. The van der Waals surface area contributed by atoms with Crippen LogP contribution in [0.15, 0.2) is 24.3 Å². The van der Waals surface area contributed by atoms with Gasteiger partial charge in [0.1, 0.15) is 6.04 Å². The summed E-state index contributed by atoms with van der Waals surface area (Å²) in [5.41, 5.74) is 1.60. The molecule has 4 nitrogen and oxygen atoms in total. The van der Waals surface area contributed by atoms with Gasteiger partial charge in [0.05, 0.1) is 11.6 Å². The van der Waals surface area contributed by atoms with Crippen molar-refractivity contribution in [3.8, 4) is 6.07 Å². The maximum atomic E-state index is 11.2. The minimum Gasteiger partial charge on any atom is -0.480 e. The van der Waals surface area contributed by atoms with E-state index < -0.39 is 12.0 Å². The van der Waals surface area contributed by atoms with E-state index in [0.717, 1.165) is 18.4 Å². The maximum absolute atomic E-state index is 11.2. The third kappa shape index (κ3) is 4.72. The molecule has 2 N–H and O–H groups in total. The van der Waals surface area contributed by atoms with Crippen LogP contribution in [-0.4, -0.2) is 17.1 Å². The van der Waals surface area contributed by atoms with E-state index in [1.807, 2.05) is 26.0 Å². The normalized spacial score (nSPS) is 13.5. The number of aliphatic carboxylic acids is 1. The smallest absolute Gasteiger partial charge is 0.320 e. The van der Waals surface area contributed by atoms with E-state index in [2.05, 4.69) is 11.4 Å². The van der Waals surface area contributed by atoms with Crippen LogP contribution in [0.3, 0.4) is 0 Å². The first kappa shape index (κ1) is 15.2. The molecule has 2 atom stereocenters. The molecule has 0 aliphatic carbocycles. The first-order valence-corrected chi connectivity index (χ1v) is 6.57. The van der Waals surface area contributed by atoms with Gasteiger partial charge in [-0.3, -0.25) is 10.1 Å². The van der Waals surface area contributed by atoms with Crippen LogP contribution in [0.4, 0.5) is 0 Å². The van der Waals surface area contributed by atoms with Crippen LogP contribution >= 0.6 is 0 Å². The second-order valence-corrected chi connectivity index (χ2v) is 4.66. The second kappa shape index (κ2) is 7.55. The molecule has 0 fully saturated rings. The zero-order chi connectivity index (χ0) is 14.3. The summed E-state index contributed by atoms with van der Waals surface area (Å²) in [5.74, 6) is -0.811. The van der Waals surface area contributed by atoms with Gasteiger partial charge < -0.3 is 5.11 Å². The Labute approximate surface area is 114 Å². The van der Waals surface area contributed by atoms with Crippen LogP contribution in [0.25, 0.3) is 0 Å². The van der Waals surface area contributed by atoms with Crippen molar-refractivity contribution in [3.05, 3.63) is 35.4 Å². The van der Waals surface area contributed by atoms with Gasteiger partial charge in [-0.1, -0.05) is 31.9 Å². The number of nitrogens with one attached hydrogen (secondary N) is 1. The van der Waals surface area contributed by atoms with Crippen LogP contribution in [0.1, 0.15) is 50.3 Å². The fourth-order valence-electron chi connectivity index (χ4n) is 1.93. The van der Waals surface area contributed by atoms with Crippen molar-refractivity contribution in [1.82, 2.24) is 5.32 Å². The van der Waals surface area contributed by atoms with E-state index in [1.165, 1.54) is 0 Å². The third-order valence-corrected chi connectivity index (χ3v) is 3.14. The van der Waals surface area contributed by atoms with E-state index in [4.69, 9.17) is 5.26 Å². The highest BCUT2D eigenvalue weighted by Gasteiger charge is 2.19.